The Morgan fingerprint density at radius 1 is 1.10 bits per heavy atom. The summed E-state index contributed by atoms with van der Waals surface area (Å²) in [4.78, 5) is 22.8. The quantitative estimate of drug-likeness (QED) is 0.412. The normalized spacial score (nSPS) is 10.8. The van der Waals surface area contributed by atoms with Crippen molar-refractivity contribution in [2.75, 3.05) is 7.11 Å². The van der Waals surface area contributed by atoms with Gasteiger partial charge in [0, 0.05) is 32.3 Å². The summed E-state index contributed by atoms with van der Waals surface area (Å²) in [6.45, 7) is 0. The SMILES string of the molecule is COc1ccc2sc3ccc([N+](=O)[O-])cc3c(=O)c2c1. The number of fused-ring (bicyclic) bond motifs is 2. The van der Waals surface area contributed by atoms with Gasteiger partial charge in [-0.15, -0.1) is 11.3 Å². The molecule has 0 saturated carbocycles. The Hall–Kier alpha value is -2.47. The number of rotatable bonds is 2. The van der Waals surface area contributed by atoms with E-state index in [0.29, 0.717) is 16.5 Å². The molecule has 1 aromatic heterocycles. The molecule has 0 N–H and O–H groups in total. The first-order valence-corrected chi connectivity index (χ1v) is 6.61. The third-order valence-electron chi connectivity index (χ3n) is 3.07. The number of non-ortho nitro benzene ring substituents is 1. The highest BCUT2D eigenvalue weighted by Gasteiger charge is 2.11. The van der Waals surface area contributed by atoms with E-state index in [1.165, 1.54) is 30.6 Å². The molecule has 0 aliphatic heterocycles. The molecule has 0 aliphatic carbocycles. The van der Waals surface area contributed by atoms with Crippen LogP contribution in [0.4, 0.5) is 5.69 Å². The van der Waals surface area contributed by atoms with Crippen LogP contribution in [0.5, 0.6) is 5.75 Å². The van der Waals surface area contributed by atoms with Crippen molar-refractivity contribution in [2.24, 2.45) is 0 Å². The van der Waals surface area contributed by atoms with E-state index in [1.54, 1.807) is 18.2 Å². The van der Waals surface area contributed by atoms with E-state index < -0.39 is 4.92 Å². The molecule has 0 spiro atoms. The summed E-state index contributed by atoms with van der Waals surface area (Å²) in [6.07, 6.45) is 0. The lowest BCUT2D eigenvalue weighted by Crippen LogP contribution is -2.02. The first-order chi connectivity index (χ1) is 9.60. The molecule has 0 fully saturated rings. The third-order valence-corrected chi connectivity index (χ3v) is 4.22. The number of methoxy groups -OCH3 is 1. The van der Waals surface area contributed by atoms with E-state index >= 15 is 0 Å². The summed E-state index contributed by atoms with van der Waals surface area (Å²) >= 11 is 1.43. The van der Waals surface area contributed by atoms with Gasteiger partial charge in [-0.3, -0.25) is 14.9 Å². The summed E-state index contributed by atoms with van der Waals surface area (Å²) in [5.41, 5.74) is -0.291. The van der Waals surface area contributed by atoms with E-state index in [9.17, 15) is 14.9 Å². The van der Waals surface area contributed by atoms with Gasteiger partial charge in [-0.25, -0.2) is 0 Å². The van der Waals surface area contributed by atoms with Crippen LogP contribution in [-0.2, 0) is 0 Å². The van der Waals surface area contributed by atoms with Crippen molar-refractivity contribution in [3.63, 3.8) is 0 Å². The zero-order valence-electron chi connectivity index (χ0n) is 10.5. The highest BCUT2D eigenvalue weighted by atomic mass is 32.1. The van der Waals surface area contributed by atoms with Crippen molar-refractivity contribution in [3.8, 4) is 5.75 Å². The first-order valence-electron chi connectivity index (χ1n) is 5.79. The van der Waals surface area contributed by atoms with Crippen molar-refractivity contribution in [1.82, 2.24) is 0 Å². The second kappa shape index (κ2) is 4.57. The van der Waals surface area contributed by atoms with Crippen LogP contribution in [0.25, 0.3) is 20.2 Å². The molecule has 3 aromatic rings. The molecule has 6 heteroatoms. The molecule has 0 saturated heterocycles. The van der Waals surface area contributed by atoms with Crippen LogP contribution in [0.1, 0.15) is 0 Å². The predicted octanol–water partition coefficient (Wildman–Crippen LogP) is 3.33. The van der Waals surface area contributed by atoms with Crippen LogP contribution >= 0.6 is 11.3 Å². The molecule has 1 heterocycles. The second-order valence-electron chi connectivity index (χ2n) is 4.23. The fourth-order valence-electron chi connectivity index (χ4n) is 2.06. The van der Waals surface area contributed by atoms with Crippen molar-refractivity contribution in [3.05, 3.63) is 56.7 Å². The zero-order valence-corrected chi connectivity index (χ0v) is 11.3. The lowest BCUT2D eigenvalue weighted by atomic mass is 10.1. The maximum Gasteiger partial charge on any atom is 0.270 e. The number of hydrogen-bond donors (Lipinski definition) is 0. The van der Waals surface area contributed by atoms with Gasteiger partial charge in [0.1, 0.15) is 5.75 Å². The third kappa shape index (κ3) is 1.90. The molecular formula is C14H9NO4S. The van der Waals surface area contributed by atoms with Crippen LogP contribution in [0.15, 0.2) is 41.2 Å². The molecule has 0 unspecified atom stereocenters. The highest BCUT2D eigenvalue weighted by molar-refractivity contribution is 7.24. The smallest absolute Gasteiger partial charge is 0.270 e. The molecule has 5 nitrogen and oxygen atoms in total. The number of nitrogens with zero attached hydrogens (tertiary/aromatic N) is 1. The highest BCUT2D eigenvalue weighted by Crippen LogP contribution is 2.29. The largest absolute Gasteiger partial charge is 0.497 e. The van der Waals surface area contributed by atoms with E-state index in [-0.39, 0.29) is 11.1 Å². The van der Waals surface area contributed by atoms with Gasteiger partial charge < -0.3 is 4.74 Å². The van der Waals surface area contributed by atoms with Gasteiger partial charge in [0.05, 0.1) is 12.0 Å². The molecule has 3 rings (SSSR count). The van der Waals surface area contributed by atoms with Crippen LogP contribution in [0, 0.1) is 10.1 Å². The topological polar surface area (TPSA) is 69.4 Å². The minimum Gasteiger partial charge on any atom is -0.497 e. The van der Waals surface area contributed by atoms with Crippen LogP contribution in [0.2, 0.25) is 0 Å². The maximum atomic E-state index is 12.5. The van der Waals surface area contributed by atoms with Crippen molar-refractivity contribution >= 4 is 37.2 Å². The first kappa shape index (κ1) is 12.6. The molecular weight excluding hydrogens is 278 g/mol. The molecule has 20 heavy (non-hydrogen) atoms. The predicted molar refractivity (Wildman–Crippen MR) is 78.8 cm³/mol. The van der Waals surface area contributed by atoms with Gasteiger partial charge in [0.15, 0.2) is 5.43 Å². The second-order valence-corrected chi connectivity index (χ2v) is 5.31. The van der Waals surface area contributed by atoms with Crippen LogP contribution in [0.3, 0.4) is 0 Å². The number of ether oxygens (including phenoxy) is 1. The minimum absolute atomic E-state index is 0.0796. The molecule has 0 bridgehead atoms. The lowest BCUT2D eigenvalue weighted by molar-refractivity contribution is -0.384. The molecule has 0 aliphatic rings. The van der Waals surface area contributed by atoms with Gasteiger partial charge >= 0.3 is 0 Å². The average Bonchev–Trinajstić information content (AvgIpc) is 2.47. The Balaban J connectivity index is 2.42. The maximum absolute atomic E-state index is 12.5. The van der Waals surface area contributed by atoms with Gasteiger partial charge in [-0.05, 0) is 24.3 Å². The number of nitro groups is 1. The van der Waals surface area contributed by atoms with Gasteiger partial charge in [-0.2, -0.15) is 0 Å². The summed E-state index contributed by atoms with van der Waals surface area (Å²) in [7, 11) is 1.53. The van der Waals surface area contributed by atoms with Crippen molar-refractivity contribution < 1.29 is 9.66 Å². The van der Waals surface area contributed by atoms with Gasteiger partial charge in [-0.1, -0.05) is 0 Å². The average molecular weight is 287 g/mol. The zero-order chi connectivity index (χ0) is 14.3. The number of hydrogen-bond acceptors (Lipinski definition) is 5. The van der Waals surface area contributed by atoms with Crippen molar-refractivity contribution in [1.29, 1.82) is 0 Å². The Morgan fingerprint density at radius 3 is 2.40 bits per heavy atom. The fraction of sp³-hybridized carbons (Fsp3) is 0.0714. The Kier molecular flexibility index (Phi) is 2.87. The van der Waals surface area contributed by atoms with Gasteiger partial charge in [0.2, 0.25) is 0 Å². The molecule has 2 aromatic carbocycles. The summed E-state index contributed by atoms with van der Waals surface area (Å²) in [6, 6.07) is 9.62. The van der Waals surface area contributed by atoms with E-state index in [4.69, 9.17) is 4.74 Å². The molecule has 0 radical (unpaired) electrons. The number of nitro benzene ring substituents is 1. The van der Waals surface area contributed by atoms with E-state index in [1.807, 2.05) is 6.07 Å². The summed E-state index contributed by atoms with van der Waals surface area (Å²) < 4.78 is 6.67. The Morgan fingerprint density at radius 2 is 1.75 bits per heavy atom. The number of benzene rings is 2. The van der Waals surface area contributed by atoms with E-state index in [0.717, 1.165) is 9.40 Å². The monoisotopic (exact) mass is 287 g/mol. The standard InChI is InChI=1S/C14H9NO4S/c1-19-9-3-5-13-11(7-9)14(16)10-6-8(15(17)18)2-4-12(10)20-13/h2-7H,1H3. The van der Waals surface area contributed by atoms with Gasteiger partial charge in [0.25, 0.3) is 5.69 Å². The minimum atomic E-state index is -0.501. The molecule has 0 atom stereocenters. The molecule has 0 amide bonds. The van der Waals surface area contributed by atoms with Crippen LogP contribution < -0.4 is 10.2 Å². The molecule has 100 valence electrons. The Labute approximate surface area is 117 Å². The van der Waals surface area contributed by atoms with E-state index in [2.05, 4.69) is 0 Å². The Bertz CT molecular complexity index is 901. The lowest BCUT2D eigenvalue weighted by Gasteiger charge is -2.03. The van der Waals surface area contributed by atoms with Crippen molar-refractivity contribution in [2.45, 2.75) is 0 Å². The summed E-state index contributed by atoms with van der Waals surface area (Å²) in [5, 5.41) is 11.7. The van der Waals surface area contributed by atoms with Crippen LogP contribution in [-0.4, -0.2) is 12.0 Å². The fourth-order valence-corrected chi connectivity index (χ4v) is 3.10. The summed E-state index contributed by atoms with van der Waals surface area (Å²) in [5.74, 6) is 0.589.